The molecular formula is C10H12O3S2. The second-order valence-corrected chi connectivity index (χ2v) is 5.29. The molecule has 2 rings (SSSR count). The summed E-state index contributed by atoms with van der Waals surface area (Å²) in [4.78, 5) is 0.993. The Labute approximate surface area is 95.2 Å². The van der Waals surface area contributed by atoms with Gasteiger partial charge in [-0.15, -0.1) is 11.3 Å². The third-order valence-electron chi connectivity index (χ3n) is 1.91. The maximum atomic E-state index is 11.5. The van der Waals surface area contributed by atoms with E-state index in [0.29, 0.717) is 18.1 Å². The van der Waals surface area contributed by atoms with Gasteiger partial charge in [-0.2, -0.15) is 0 Å². The van der Waals surface area contributed by atoms with Crippen LogP contribution in [0.4, 0.5) is 0 Å². The number of hydrogen-bond acceptors (Lipinski definition) is 4. The minimum Gasteiger partial charge on any atom is -0.462 e. The fourth-order valence-electron chi connectivity index (χ4n) is 1.31. The standard InChI is InChI=1S/C10H12O3S2/c1-2-12-10-7-15(11)6-8(13-10)9-4-3-5-14-9/h3-6,10H,2,7H2,1H3/t10-,15?/m0/s1. The van der Waals surface area contributed by atoms with Gasteiger partial charge in [0.05, 0.1) is 21.4 Å². The minimum atomic E-state index is -0.992. The Hall–Kier alpha value is -0.650. The topological polar surface area (TPSA) is 35.5 Å². The predicted molar refractivity (Wildman–Crippen MR) is 61.8 cm³/mol. The van der Waals surface area contributed by atoms with E-state index in [1.54, 1.807) is 16.7 Å². The largest absolute Gasteiger partial charge is 0.462 e. The van der Waals surface area contributed by atoms with Crippen molar-refractivity contribution in [1.82, 2.24) is 0 Å². The molecule has 3 nitrogen and oxygen atoms in total. The van der Waals surface area contributed by atoms with E-state index < -0.39 is 10.8 Å². The molecule has 1 aliphatic heterocycles. The summed E-state index contributed by atoms with van der Waals surface area (Å²) in [6.45, 7) is 2.47. The molecular weight excluding hydrogens is 232 g/mol. The second kappa shape index (κ2) is 4.92. The van der Waals surface area contributed by atoms with Crippen LogP contribution in [0.15, 0.2) is 22.9 Å². The molecule has 82 valence electrons. The van der Waals surface area contributed by atoms with Gasteiger partial charge in [0.2, 0.25) is 6.29 Å². The Morgan fingerprint density at radius 2 is 2.60 bits per heavy atom. The van der Waals surface area contributed by atoms with Crippen molar-refractivity contribution in [2.45, 2.75) is 13.2 Å². The fourth-order valence-corrected chi connectivity index (χ4v) is 3.02. The van der Waals surface area contributed by atoms with Gasteiger partial charge in [-0.25, -0.2) is 0 Å². The van der Waals surface area contributed by atoms with Gasteiger partial charge >= 0.3 is 0 Å². The number of thiophene rings is 1. The predicted octanol–water partition coefficient (Wildman–Crippen LogP) is 2.19. The third kappa shape index (κ3) is 2.68. The summed E-state index contributed by atoms with van der Waals surface area (Å²) in [5, 5.41) is 3.62. The van der Waals surface area contributed by atoms with Crippen molar-refractivity contribution in [3.8, 4) is 0 Å². The van der Waals surface area contributed by atoms with Crippen molar-refractivity contribution >= 4 is 27.9 Å². The molecule has 1 aliphatic rings. The molecule has 0 saturated heterocycles. The normalized spacial score (nSPS) is 25.8. The summed E-state index contributed by atoms with van der Waals surface area (Å²) in [5.74, 6) is 1.09. The highest BCUT2D eigenvalue weighted by Gasteiger charge is 2.22. The first-order valence-corrected chi connectivity index (χ1v) is 6.97. The van der Waals surface area contributed by atoms with Gasteiger partial charge in [0.1, 0.15) is 5.76 Å². The van der Waals surface area contributed by atoms with Crippen LogP contribution in [-0.4, -0.2) is 22.9 Å². The van der Waals surface area contributed by atoms with E-state index in [0.717, 1.165) is 4.88 Å². The van der Waals surface area contributed by atoms with E-state index in [1.165, 1.54) is 0 Å². The van der Waals surface area contributed by atoms with Crippen molar-refractivity contribution in [2.75, 3.05) is 12.4 Å². The molecule has 0 amide bonds. The molecule has 1 aromatic heterocycles. The Bertz CT molecular complexity index is 370. The van der Waals surface area contributed by atoms with Crippen LogP contribution in [0.5, 0.6) is 0 Å². The molecule has 2 atom stereocenters. The van der Waals surface area contributed by atoms with Gasteiger partial charge in [0, 0.05) is 12.0 Å². The molecule has 0 bridgehead atoms. The van der Waals surface area contributed by atoms with Gasteiger partial charge in [0.15, 0.2) is 0 Å². The smallest absolute Gasteiger partial charge is 0.211 e. The SMILES string of the molecule is CCO[C@@H]1CS(=O)C=C(c2cccs2)O1. The van der Waals surface area contributed by atoms with Crippen molar-refractivity contribution < 1.29 is 13.7 Å². The second-order valence-electron chi connectivity index (χ2n) is 3.01. The first-order valence-electron chi connectivity index (χ1n) is 4.70. The van der Waals surface area contributed by atoms with E-state index in [1.807, 2.05) is 24.4 Å². The summed E-state index contributed by atoms with van der Waals surface area (Å²) in [5.41, 5.74) is 0. The van der Waals surface area contributed by atoms with Crippen LogP contribution in [0.1, 0.15) is 11.8 Å². The molecule has 1 unspecified atom stereocenters. The molecule has 1 aromatic rings. The molecule has 0 aromatic carbocycles. The molecule has 0 fully saturated rings. The van der Waals surface area contributed by atoms with Crippen LogP contribution in [0, 0.1) is 0 Å². The lowest BCUT2D eigenvalue weighted by Crippen LogP contribution is -2.26. The third-order valence-corrected chi connectivity index (χ3v) is 3.88. The zero-order chi connectivity index (χ0) is 10.7. The molecule has 2 heterocycles. The lowest BCUT2D eigenvalue weighted by molar-refractivity contribution is -0.0763. The first kappa shape index (κ1) is 10.9. The Morgan fingerprint density at radius 1 is 1.73 bits per heavy atom. The molecule has 0 radical (unpaired) electrons. The van der Waals surface area contributed by atoms with Crippen LogP contribution < -0.4 is 0 Å². The molecule has 5 heteroatoms. The zero-order valence-electron chi connectivity index (χ0n) is 8.34. The summed E-state index contributed by atoms with van der Waals surface area (Å²) >= 11 is 1.57. The lowest BCUT2D eigenvalue weighted by Gasteiger charge is -2.23. The van der Waals surface area contributed by atoms with Crippen LogP contribution in [0.25, 0.3) is 5.76 Å². The highest BCUT2D eigenvalue weighted by atomic mass is 32.2. The fraction of sp³-hybridized carbons (Fsp3) is 0.400. The van der Waals surface area contributed by atoms with Crippen molar-refractivity contribution in [1.29, 1.82) is 0 Å². The molecule has 0 N–H and O–H groups in total. The maximum Gasteiger partial charge on any atom is 0.211 e. The van der Waals surface area contributed by atoms with Crippen molar-refractivity contribution in [3.05, 3.63) is 27.8 Å². The van der Waals surface area contributed by atoms with E-state index >= 15 is 0 Å². The van der Waals surface area contributed by atoms with Crippen LogP contribution in [-0.2, 0) is 20.3 Å². The van der Waals surface area contributed by atoms with E-state index in [-0.39, 0.29) is 6.29 Å². The molecule has 0 spiro atoms. The average molecular weight is 244 g/mol. The maximum absolute atomic E-state index is 11.5. The van der Waals surface area contributed by atoms with Crippen molar-refractivity contribution in [3.63, 3.8) is 0 Å². The van der Waals surface area contributed by atoms with Gasteiger partial charge in [-0.1, -0.05) is 6.07 Å². The van der Waals surface area contributed by atoms with E-state index in [4.69, 9.17) is 9.47 Å². The summed E-state index contributed by atoms with van der Waals surface area (Å²) < 4.78 is 22.5. The summed E-state index contributed by atoms with van der Waals surface area (Å²) in [7, 11) is -0.992. The molecule has 0 aliphatic carbocycles. The minimum absolute atomic E-state index is 0.377. The Morgan fingerprint density at radius 3 is 3.27 bits per heavy atom. The van der Waals surface area contributed by atoms with Crippen LogP contribution in [0.2, 0.25) is 0 Å². The molecule has 0 saturated carbocycles. The Kier molecular flexibility index (Phi) is 3.56. The van der Waals surface area contributed by atoms with Gasteiger partial charge < -0.3 is 9.47 Å². The highest BCUT2D eigenvalue weighted by Crippen LogP contribution is 2.26. The van der Waals surface area contributed by atoms with Gasteiger partial charge in [-0.05, 0) is 18.4 Å². The van der Waals surface area contributed by atoms with Gasteiger partial charge in [0.25, 0.3) is 0 Å². The monoisotopic (exact) mass is 244 g/mol. The van der Waals surface area contributed by atoms with Crippen LogP contribution in [0.3, 0.4) is 0 Å². The quantitative estimate of drug-likeness (QED) is 0.817. The lowest BCUT2D eigenvalue weighted by atomic mass is 10.4. The highest BCUT2D eigenvalue weighted by molar-refractivity contribution is 7.88. The number of rotatable bonds is 3. The Balaban J connectivity index is 2.15. The average Bonchev–Trinajstić information content (AvgIpc) is 2.70. The number of ether oxygens (including phenoxy) is 2. The summed E-state index contributed by atoms with van der Waals surface area (Å²) in [6.07, 6.45) is -0.377. The van der Waals surface area contributed by atoms with E-state index in [2.05, 4.69) is 0 Å². The van der Waals surface area contributed by atoms with E-state index in [9.17, 15) is 4.21 Å². The van der Waals surface area contributed by atoms with Crippen molar-refractivity contribution in [2.24, 2.45) is 0 Å². The van der Waals surface area contributed by atoms with Crippen LogP contribution >= 0.6 is 11.3 Å². The number of hydrogen-bond donors (Lipinski definition) is 0. The first-order chi connectivity index (χ1) is 7.29. The summed E-state index contributed by atoms with van der Waals surface area (Å²) in [6, 6.07) is 3.89. The zero-order valence-corrected chi connectivity index (χ0v) is 9.98. The molecule has 15 heavy (non-hydrogen) atoms. The van der Waals surface area contributed by atoms with Gasteiger partial charge in [-0.3, -0.25) is 4.21 Å².